The maximum absolute atomic E-state index is 14.1. The number of benzene rings is 2. The molecule has 0 unspecified atom stereocenters. The first-order chi connectivity index (χ1) is 14.1. The Bertz CT molecular complexity index is 1000. The molecule has 1 aromatic heterocycles. The number of aromatic nitrogens is 1. The van der Waals surface area contributed by atoms with Crippen LogP contribution < -0.4 is 0 Å². The largest absolute Gasteiger partial charge is 0.461 e. The molecule has 1 aliphatic rings. The minimum atomic E-state index is -0.468. The molecule has 2 heterocycles. The Balaban J connectivity index is 1.53. The summed E-state index contributed by atoms with van der Waals surface area (Å²) in [5.74, 6) is -1.42. The first kappa shape index (κ1) is 19.6. The zero-order chi connectivity index (χ0) is 20.4. The first-order valence-electron chi connectivity index (χ1n) is 10.0. The van der Waals surface area contributed by atoms with E-state index < -0.39 is 11.6 Å². The predicted octanol–water partition coefficient (Wildman–Crippen LogP) is 5.00. The van der Waals surface area contributed by atoms with Crippen LogP contribution in [0.5, 0.6) is 0 Å². The Morgan fingerprint density at radius 3 is 2.48 bits per heavy atom. The number of nitrogens with zero attached hydrogens (tertiary/aromatic N) is 1. The third-order valence-corrected chi connectivity index (χ3v) is 5.67. The molecular formula is C23H24F2N2O2. The fourth-order valence-corrected chi connectivity index (χ4v) is 4.25. The summed E-state index contributed by atoms with van der Waals surface area (Å²) in [5, 5.41) is 0.998. The third-order valence-electron chi connectivity index (χ3n) is 5.67. The number of piperidine rings is 1. The van der Waals surface area contributed by atoms with E-state index in [1.54, 1.807) is 6.92 Å². The number of nitrogens with one attached hydrogen (secondary N) is 1. The molecule has 1 fully saturated rings. The number of likely N-dealkylation sites (tertiary alicyclic amines) is 1. The monoisotopic (exact) mass is 398 g/mol. The van der Waals surface area contributed by atoms with E-state index in [4.69, 9.17) is 4.74 Å². The van der Waals surface area contributed by atoms with Gasteiger partial charge in [0.25, 0.3) is 0 Å². The highest BCUT2D eigenvalue weighted by Crippen LogP contribution is 2.33. The molecule has 0 saturated carbocycles. The molecule has 0 bridgehead atoms. The van der Waals surface area contributed by atoms with Gasteiger partial charge in [-0.05, 0) is 57.0 Å². The molecule has 152 valence electrons. The highest BCUT2D eigenvalue weighted by atomic mass is 19.1. The molecular weight excluding hydrogens is 374 g/mol. The van der Waals surface area contributed by atoms with Crippen molar-refractivity contribution in [1.82, 2.24) is 9.88 Å². The van der Waals surface area contributed by atoms with Crippen LogP contribution in [0.15, 0.2) is 42.5 Å². The molecule has 1 saturated heterocycles. The van der Waals surface area contributed by atoms with E-state index in [0.29, 0.717) is 44.8 Å². The molecule has 2 aromatic carbocycles. The zero-order valence-electron chi connectivity index (χ0n) is 16.4. The molecule has 6 heteroatoms. The number of fused-ring (bicyclic) bond motifs is 1. The fourth-order valence-electron chi connectivity index (χ4n) is 4.25. The van der Waals surface area contributed by atoms with Crippen molar-refractivity contribution in [2.24, 2.45) is 0 Å². The highest BCUT2D eigenvalue weighted by molar-refractivity contribution is 5.98. The zero-order valence-corrected chi connectivity index (χ0v) is 16.4. The Labute approximate surface area is 168 Å². The molecule has 4 nitrogen and oxygen atoms in total. The summed E-state index contributed by atoms with van der Waals surface area (Å²) >= 11 is 0. The van der Waals surface area contributed by atoms with E-state index in [2.05, 4.69) is 9.88 Å². The Kier molecular flexibility index (Phi) is 5.62. The molecule has 1 N–H and O–H groups in total. The molecule has 0 atom stereocenters. The second-order valence-corrected chi connectivity index (χ2v) is 7.43. The Morgan fingerprint density at radius 1 is 1.10 bits per heavy atom. The second-order valence-electron chi connectivity index (χ2n) is 7.43. The van der Waals surface area contributed by atoms with Gasteiger partial charge in [0, 0.05) is 28.6 Å². The van der Waals surface area contributed by atoms with Crippen LogP contribution in [0.4, 0.5) is 8.78 Å². The van der Waals surface area contributed by atoms with E-state index in [0.717, 1.165) is 16.5 Å². The Hall–Kier alpha value is -2.73. The fraction of sp³-hybridized carbons (Fsp3) is 0.348. The number of hydrogen-bond donors (Lipinski definition) is 1. The van der Waals surface area contributed by atoms with Crippen LogP contribution in [0.1, 0.15) is 47.3 Å². The number of esters is 1. The average Bonchev–Trinajstić information content (AvgIpc) is 3.08. The number of para-hydroxylation sites is 1. The van der Waals surface area contributed by atoms with Crippen LogP contribution in [0.25, 0.3) is 10.9 Å². The van der Waals surface area contributed by atoms with Crippen molar-refractivity contribution >= 4 is 16.9 Å². The number of hydrogen-bond acceptors (Lipinski definition) is 3. The normalized spacial score (nSPS) is 15.7. The van der Waals surface area contributed by atoms with Gasteiger partial charge in [0.1, 0.15) is 17.3 Å². The van der Waals surface area contributed by atoms with Crippen molar-refractivity contribution in [2.45, 2.75) is 32.2 Å². The SMILES string of the molecule is CCOC(=O)c1[nH]c2ccccc2c1CN1CCC(c2c(F)cccc2F)CC1. The third kappa shape index (κ3) is 3.90. The van der Waals surface area contributed by atoms with Crippen molar-refractivity contribution in [3.8, 4) is 0 Å². The van der Waals surface area contributed by atoms with Crippen molar-refractivity contribution < 1.29 is 18.3 Å². The van der Waals surface area contributed by atoms with Crippen LogP contribution in [-0.2, 0) is 11.3 Å². The van der Waals surface area contributed by atoms with E-state index in [1.807, 2.05) is 24.3 Å². The van der Waals surface area contributed by atoms with Gasteiger partial charge in [0.05, 0.1) is 6.61 Å². The predicted molar refractivity (Wildman–Crippen MR) is 108 cm³/mol. The van der Waals surface area contributed by atoms with Crippen LogP contribution in [0, 0.1) is 11.6 Å². The molecule has 1 aliphatic heterocycles. The Morgan fingerprint density at radius 2 is 1.79 bits per heavy atom. The minimum absolute atomic E-state index is 0.125. The molecule has 4 rings (SSSR count). The minimum Gasteiger partial charge on any atom is -0.461 e. The van der Waals surface area contributed by atoms with Gasteiger partial charge in [-0.3, -0.25) is 4.90 Å². The average molecular weight is 398 g/mol. The summed E-state index contributed by atoms with van der Waals surface area (Å²) < 4.78 is 33.5. The van der Waals surface area contributed by atoms with Crippen LogP contribution in [0.3, 0.4) is 0 Å². The summed E-state index contributed by atoms with van der Waals surface area (Å²) in [5.41, 5.74) is 2.49. The lowest BCUT2D eigenvalue weighted by atomic mass is 9.88. The first-order valence-corrected chi connectivity index (χ1v) is 10.0. The van der Waals surface area contributed by atoms with Crippen molar-refractivity contribution in [1.29, 1.82) is 0 Å². The standard InChI is InChI=1S/C23H24F2N2O2/c1-2-29-23(28)22-17(16-6-3-4-9-20(16)26-22)14-27-12-10-15(11-13-27)21-18(24)7-5-8-19(21)25/h3-9,15,26H,2,10-14H2,1H3. The van der Waals surface area contributed by atoms with E-state index in [-0.39, 0.29) is 17.5 Å². The maximum Gasteiger partial charge on any atom is 0.355 e. The smallest absolute Gasteiger partial charge is 0.355 e. The lowest BCUT2D eigenvalue weighted by molar-refractivity contribution is 0.0517. The lowest BCUT2D eigenvalue weighted by Gasteiger charge is -2.32. The number of carbonyl (C=O) groups is 1. The molecule has 3 aromatic rings. The van der Waals surface area contributed by atoms with Gasteiger partial charge in [-0.25, -0.2) is 13.6 Å². The number of H-pyrrole nitrogens is 1. The van der Waals surface area contributed by atoms with E-state index in [1.165, 1.54) is 18.2 Å². The van der Waals surface area contributed by atoms with Gasteiger partial charge in [-0.15, -0.1) is 0 Å². The van der Waals surface area contributed by atoms with Gasteiger partial charge in [0.2, 0.25) is 0 Å². The molecule has 0 amide bonds. The number of ether oxygens (including phenoxy) is 1. The van der Waals surface area contributed by atoms with Crippen molar-refractivity contribution in [2.75, 3.05) is 19.7 Å². The van der Waals surface area contributed by atoms with Gasteiger partial charge in [0.15, 0.2) is 0 Å². The maximum atomic E-state index is 14.1. The summed E-state index contributed by atoms with van der Waals surface area (Å²) in [6.07, 6.45) is 1.35. The van der Waals surface area contributed by atoms with E-state index in [9.17, 15) is 13.6 Å². The number of halogens is 2. The second kappa shape index (κ2) is 8.33. The van der Waals surface area contributed by atoms with Crippen LogP contribution in [0.2, 0.25) is 0 Å². The van der Waals surface area contributed by atoms with Gasteiger partial charge >= 0.3 is 5.97 Å². The molecule has 29 heavy (non-hydrogen) atoms. The summed E-state index contributed by atoms with van der Waals surface area (Å²) in [4.78, 5) is 17.9. The van der Waals surface area contributed by atoms with Gasteiger partial charge in [-0.2, -0.15) is 0 Å². The summed E-state index contributed by atoms with van der Waals surface area (Å²) in [6.45, 7) is 4.10. The van der Waals surface area contributed by atoms with Crippen molar-refractivity contribution in [3.63, 3.8) is 0 Å². The highest BCUT2D eigenvalue weighted by Gasteiger charge is 2.27. The number of rotatable bonds is 5. The van der Waals surface area contributed by atoms with Crippen LogP contribution in [-0.4, -0.2) is 35.5 Å². The summed E-state index contributed by atoms with van der Waals surface area (Å²) in [6, 6.07) is 11.8. The van der Waals surface area contributed by atoms with Gasteiger partial charge in [-0.1, -0.05) is 24.3 Å². The van der Waals surface area contributed by atoms with E-state index >= 15 is 0 Å². The number of carbonyl (C=O) groups excluding carboxylic acids is 1. The topological polar surface area (TPSA) is 45.3 Å². The van der Waals surface area contributed by atoms with Crippen molar-refractivity contribution in [3.05, 3.63) is 70.9 Å². The summed E-state index contributed by atoms with van der Waals surface area (Å²) in [7, 11) is 0. The quantitative estimate of drug-likeness (QED) is 0.615. The number of aromatic amines is 1. The van der Waals surface area contributed by atoms with Gasteiger partial charge < -0.3 is 9.72 Å². The molecule has 0 aliphatic carbocycles. The lowest BCUT2D eigenvalue weighted by Crippen LogP contribution is -2.33. The molecule has 0 radical (unpaired) electrons. The van der Waals surface area contributed by atoms with Crippen LogP contribution >= 0.6 is 0 Å². The molecule has 0 spiro atoms.